The van der Waals surface area contributed by atoms with Crippen LogP contribution in [0.25, 0.3) is 0 Å². The van der Waals surface area contributed by atoms with Crippen LogP contribution in [0.2, 0.25) is 0 Å². The lowest BCUT2D eigenvalue weighted by molar-refractivity contribution is -0.311. The molecule has 0 saturated carbocycles. The van der Waals surface area contributed by atoms with E-state index in [9.17, 15) is 13.2 Å². The molecule has 0 aromatic rings. The second kappa shape index (κ2) is 6.61. The van der Waals surface area contributed by atoms with Crippen molar-refractivity contribution in [1.82, 2.24) is 0 Å². The van der Waals surface area contributed by atoms with Gasteiger partial charge in [-0.05, 0) is 13.8 Å². The molecule has 0 fully saturated rings. The van der Waals surface area contributed by atoms with Gasteiger partial charge in [0.05, 0.1) is 0 Å². The molecule has 62 valence electrons. The highest BCUT2D eigenvalue weighted by molar-refractivity contribution is 4.68. The predicted molar refractivity (Wildman–Crippen MR) is 33.6 cm³/mol. The highest BCUT2D eigenvalue weighted by atomic mass is 19.4. The van der Waals surface area contributed by atoms with Gasteiger partial charge in [0.25, 0.3) is 0 Å². The van der Waals surface area contributed by atoms with Crippen molar-refractivity contribution in [2.45, 2.75) is 20.2 Å². The Morgan fingerprint density at radius 2 is 1.30 bits per heavy atom. The van der Waals surface area contributed by atoms with Crippen molar-refractivity contribution in [1.29, 1.82) is 0 Å². The second-order valence-corrected chi connectivity index (χ2v) is 1.32. The first-order valence-electron chi connectivity index (χ1n) is 2.67. The molecule has 10 heavy (non-hydrogen) atoms. The summed E-state index contributed by atoms with van der Waals surface area (Å²) in [4.78, 5) is 0. The monoisotopic (exact) mass is 156 g/mol. The maximum atomic E-state index is 10.6. The molecule has 0 amide bonds. The quantitative estimate of drug-likeness (QED) is 0.490. The summed E-state index contributed by atoms with van der Waals surface area (Å²) in [6.07, 6.45) is -0.458. The Hall–Kier alpha value is -0.510. The van der Waals surface area contributed by atoms with E-state index in [0.717, 1.165) is 0 Å². The van der Waals surface area contributed by atoms with Gasteiger partial charge < -0.3 is 0 Å². The minimum atomic E-state index is -4.46. The van der Waals surface area contributed by atoms with Gasteiger partial charge in [0.2, 0.25) is 0 Å². The van der Waals surface area contributed by atoms with Gasteiger partial charge in [-0.15, -0.1) is 13.2 Å². The number of halogens is 3. The summed E-state index contributed by atoms with van der Waals surface area (Å²) in [6.45, 7) is 4.00. The predicted octanol–water partition coefficient (Wildman–Crippen LogP) is 2.74. The average Bonchev–Trinajstić information content (AvgIpc) is 1.87. The fraction of sp³-hybridized carbons (Fsp3) is 0.667. The van der Waals surface area contributed by atoms with E-state index in [1.807, 2.05) is 26.0 Å². The number of alkyl halides is 3. The number of methoxy groups -OCH3 is 1. The van der Waals surface area contributed by atoms with Crippen molar-refractivity contribution in [2.24, 2.45) is 0 Å². The minimum Gasteiger partial charge on any atom is -0.295 e. The van der Waals surface area contributed by atoms with Crippen molar-refractivity contribution in [3.8, 4) is 0 Å². The summed E-state index contributed by atoms with van der Waals surface area (Å²) in [7, 11) is 0.583. The third-order valence-electron chi connectivity index (χ3n) is 0.565. The lowest BCUT2D eigenvalue weighted by Gasteiger charge is -1.97. The molecule has 0 aromatic carbocycles. The first kappa shape index (κ1) is 12.2. The second-order valence-electron chi connectivity index (χ2n) is 1.32. The summed E-state index contributed by atoms with van der Waals surface area (Å²) in [5, 5.41) is 0. The molecule has 0 N–H and O–H groups in total. The number of rotatable bonds is 0. The Morgan fingerprint density at radius 3 is 1.30 bits per heavy atom. The fourth-order valence-corrected chi connectivity index (χ4v) is 0. The molecule has 0 saturated heterocycles. The van der Waals surface area contributed by atoms with Crippen LogP contribution in [0.4, 0.5) is 13.2 Å². The zero-order chi connectivity index (χ0) is 8.62. The van der Waals surface area contributed by atoms with Gasteiger partial charge >= 0.3 is 6.36 Å². The van der Waals surface area contributed by atoms with Crippen LogP contribution >= 0.6 is 0 Å². The lowest BCUT2D eigenvalue weighted by Crippen LogP contribution is -2.08. The van der Waals surface area contributed by atoms with Gasteiger partial charge in [0.1, 0.15) is 0 Å². The van der Waals surface area contributed by atoms with Crippen LogP contribution < -0.4 is 0 Å². The Kier molecular flexibility index (Phi) is 8.06. The molecule has 4 heteroatoms. The molecule has 0 atom stereocenters. The normalized spacial score (nSPS) is 11.0. The van der Waals surface area contributed by atoms with Crippen LogP contribution in [0.15, 0.2) is 12.2 Å². The Bertz CT molecular complexity index is 81.5. The number of hydrogen-bond acceptors (Lipinski definition) is 1. The van der Waals surface area contributed by atoms with Gasteiger partial charge in [0.15, 0.2) is 0 Å². The van der Waals surface area contributed by atoms with E-state index in [4.69, 9.17) is 0 Å². The van der Waals surface area contributed by atoms with E-state index < -0.39 is 6.36 Å². The summed E-state index contributed by atoms with van der Waals surface area (Å²) in [6, 6.07) is 0. The third-order valence-corrected chi connectivity index (χ3v) is 0.565. The van der Waals surface area contributed by atoms with E-state index in [0.29, 0.717) is 7.11 Å². The first-order chi connectivity index (χ1) is 4.47. The van der Waals surface area contributed by atoms with E-state index >= 15 is 0 Å². The zero-order valence-corrected chi connectivity index (χ0v) is 6.20. The van der Waals surface area contributed by atoms with Crippen LogP contribution in [-0.4, -0.2) is 13.5 Å². The maximum Gasteiger partial charge on any atom is 0.522 e. The molecule has 0 aliphatic carbocycles. The van der Waals surface area contributed by atoms with Gasteiger partial charge in [-0.2, -0.15) is 0 Å². The first-order valence-corrected chi connectivity index (χ1v) is 2.67. The van der Waals surface area contributed by atoms with Crippen LogP contribution in [-0.2, 0) is 4.74 Å². The molecule has 0 unspecified atom stereocenters. The van der Waals surface area contributed by atoms with E-state index in [1.54, 1.807) is 0 Å². The molecule has 1 nitrogen and oxygen atoms in total. The van der Waals surface area contributed by atoms with Gasteiger partial charge in [0, 0.05) is 7.11 Å². The molecule has 0 aliphatic heterocycles. The minimum absolute atomic E-state index is 0.583. The van der Waals surface area contributed by atoms with Gasteiger partial charge in [-0.25, -0.2) is 0 Å². The smallest absolute Gasteiger partial charge is 0.295 e. The van der Waals surface area contributed by atoms with Crippen molar-refractivity contribution < 1.29 is 17.9 Å². The molecular weight excluding hydrogens is 145 g/mol. The molecule has 0 rings (SSSR count). The molecule has 0 aliphatic rings. The van der Waals surface area contributed by atoms with E-state index in [2.05, 4.69) is 4.74 Å². The molecule has 0 aromatic heterocycles. The van der Waals surface area contributed by atoms with Gasteiger partial charge in [-0.1, -0.05) is 12.2 Å². The summed E-state index contributed by atoms with van der Waals surface area (Å²) >= 11 is 0. The van der Waals surface area contributed by atoms with Crippen LogP contribution in [0.1, 0.15) is 13.8 Å². The third kappa shape index (κ3) is 25.9. The van der Waals surface area contributed by atoms with Crippen molar-refractivity contribution in [3.05, 3.63) is 12.2 Å². The molecule has 0 heterocycles. The topological polar surface area (TPSA) is 9.23 Å². The van der Waals surface area contributed by atoms with E-state index in [-0.39, 0.29) is 0 Å². The van der Waals surface area contributed by atoms with Crippen LogP contribution in [0.5, 0.6) is 0 Å². The summed E-state index contributed by atoms with van der Waals surface area (Å²) < 4.78 is 34.6. The molecule has 0 radical (unpaired) electrons. The highest BCUT2D eigenvalue weighted by Gasteiger charge is 2.25. The molecule has 0 spiro atoms. The van der Waals surface area contributed by atoms with Crippen LogP contribution in [0, 0.1) is 0 Å². The van der Waals surface area contributed by atoms with Gasteiger partial charge in [-0.3, -0.25) is 4.74 Å². The summed E-state index contributed by atoms with van der Waals surface area (Å²) in [5.74, 6) is 0. The average molecular weight is 156 g/mol. The molecular formula is C6H11F3O. The number of allylic oxidation sites excluding steroid dienone is 2. The standard InChI is InChI=1S/C4H8.C2H3F3O/c1-3-4-2;1-6-2(3,4)5/h3-4H,1-2H3;1H3/b4-3-;. The largest absolute Gasteiger partial charge is 0.522 e. The number of hydrogen-bond donors (Lipinski definition) is 0. The molecule has 0 bridgehead atoms. The van der Waals surface area contributed by atoms with Crippen molar-refractivity contribution >= 4 is 0 Å². The SMILES string of the molecule is C/C=C\C.COC(F)(F)F. The number of ether oxygens (including phenoxy) is 1. The Morgan fingerprint density at radius 1 is 1.10 bits per heavy atom. The highest BCUT2D eigenvalue weighted by Crippen LogP contribution is 2.13. The summed E-state index contributed by atoms with van der Waals surface area (Å²) in [5.41, 5.74) is 0. The van der Waals surface area contributed by atoms with Crippen molar-refractivity contribution in [2.75, 3.05) is 7.11 Å². The van der Waals surface area contributed by atoms with Crippen molar-refractivity contribution in [3.63, 3.8) is 0 Å². The fourth-order valence-electron chi connectivity index (χ4n) is 0. The Labute approximate surface area is 58.5 Å². The zero-order valence-electron chi connectivity index (χ0n) is 6.20. The van der Waals surface area contributed by atoms with Crippen LogP contribution in [0.3, 0.4) is 0 Å². The lowest BCUT2D eigenvalue weighted by atomic mass is 10.6. The maximum absolute atomic E-state index is 10.6. The van der Waals surface area contributed by atoms with E-state index in [1.165, 1.54) is 0 Å². The Balaban J connectivity index is 0.